The molecule has 0 N–H and O–H groups in total. The van der Waals surface area contributed by atoms with Gasteiger partial charge in [0.25, 0.3) is 0 Å². The minimum absolute atomic E-state index is 0.00677. The fraction of sp³-hybridized carbons (Fsp3) is 0.412. The van der Waals surface area contributed by atoms with Crippen LogP contribution < -0.4 is 0 Å². The number of rotatable bonds is 2. The van der Waals surface area contributed by atoms with Crippen molar-refractivity contribution in [1.82, 2.24) is 14.3 Å². The average molecular weight is 329 g/mol. The zero-order chi connectivity index (χ0) is 16.2. The summed E-state index contributed by atoms with van der Waals surface area (Å²) in [5, 5.41) is 0. The van der Waals surface area contributed by atoms with Gasteiger partial charge in [-0.25, -0.2) is 18.4 Å². The molecular formula is C17H19N3O2S. The summed E-state index contributed by atoms with van der Waals surface area (Å²) in [6.45, 7) is 3.78. The monoisotopic (exact) mass is 329 g/mol. The van der Waals surface area contributed by atoms with E-state index in [9.17, 15) is 8.42 Å². The molecule has 4 rings (SSSR count). The molecule has 120 valence electrons. The van der Waals surface area contributed by atoms with Crippen LogP contribution in [0.1, 0.15) is 41.3 Å². The highest BCUT2D eigenvalue weighted by Crippen LogP contribution is 2.46. The number of benzene rings is 1. The van der Waals surface area contributed by atoms with Crippen molar-refractivity contribution < 1.29 is 8.42 Å². The summed E-state index contributed by atoms with van der Waals surface area (Å²) in [5.74, 6) is 0. The lowest BCUT2D eigenvalue weighted by Crippen LogP contribution is -2.42. The maximum atomic E-state index is 13.3. The zero-order valence-electron chi connectivity index (χ0n) is 13.2. The molecule has 2 aliphatic rings. The average Bonchev–Trinajstić information content (AvgIpc) is 2.86. The topological polar surface area (TPSA) is 63.2 Å². The van der Waals surface area contributed by atoms with Gasteiger partial charge < -0.3 is 0 Å². The highest BCUT2D eigenvalue weighted by atomic mass is 32.2. The Morgan fingerprint density at radius 2 is 2.04 bits per heavy atom. The zero-order valence-corrected chi connectivity index (χ0v) is 14.0. The van der Waals surface area contributed by atoms with Gasteiger partial charge in [-0.3, -0.25) is 0 Å². The Bertz CT molecular complexity index is 879. The lowest BCUT2D eigenvalue weighted by atomic mass is 10.0. The molecule has 1 fully saturated rings. The number of sulfonamides is 1. The minimum Gasteiger partial charge on any atom is -0.244 e. The molecule has 1 saturated heterocycles. The third kappa shape index (κ3) is 2.20. The van der Waals surface area contributed by atoms with Gasteiger partial charge in [0.1, 0.15) is 6.33 Å². The van der Waals surface area contributed by atoms with Gasteiger partial charge in [0, 0.05) is 24.2 Å². The first-order valence-electron chi connectivity index (χ1n) is 7.88. The van der Waals surface area contributed by atoms with Crippen molar-refractivity contribution in [3.63, 3.8) is 0 Å². The number of aromatic nitrogens is 2. The van der Waals surface area contributed by atoms with Gasteiger partial charge in [-0.15, -0.1) is 0 Å². The largest absolute Gasteiger partial charge is 0.244 e. The van der Waals surface area contributed by atoms with Crippen molar-refractivity contribution in [3.05, 3.63) is 53.1 Å². The lowest BCUT2D eigenvalue weighted by Gasteiger charge is -2.34. The van der Waals surface area contributed by atoms with Gasteiger partial charge in [-0.2, -0.15) is 4.31 Å². The standard InChI is InChI=1S/C17H19N3O2S/c1-11-3-4-12(2)17(7-11)23(21,22)20-13-5-6-16(20)14-9-18-10-19-15(14)8-13/h3-4,7,9-10,13,16H,5-6,8H2,1-2H3. The van der Waals surface area contributed by atoms with Crippen LogP contribution in [0.3, 0.4) is 0 Å². The van der Waals surface area contributed by atoms with Crippen LogP contribution in [0.15, 0.2) is 35.6 Å². The van der Waals surface area contributed by atoms with Gasteiger partial charge >= 0.3 is 0 Å². The predicted octanol–water partition coefficient (Wildman–Crippen LogP) is 2.54. The first-order valence-corrected chi connectivity index (χ1v) is 9.32. The lowest BCUT2D eigenvalue weighted by molar-refractivity contribution is 0.300. The second-order valence-corrected chi connectivity index (χ2v) is 8.29. The molecule has 1 aromatic heterocycles. The molecule has 23 heavy (non-hydrogen) atoms. The summed E-state index contributed by atoms with van der Waals surface area (Å²) < 4.78 is 28.3. The summed E-state index contributed by atoms with van der Waals surface area (Å²) in [6.07, 6.45) is 5.73. The molecule has 3 heterocycles. The van der Waals surface area contributed by atoms with Crippen LogP contribution in [0.4, 0.5) is 0 Å². The van der Waals surface area contributed by atoms with Gasteiger partial charge in [0.2, 0.25) is 10.0 Å². The molecule has 2 unspecified atom stereocenters. The highest BCUT2D eigenvalue weighted by molar-refractivity contribution is 7.89. The van der Waals surface area contributed by atoms with E-state index in [0.29, 0.717) is 11.3 Å². The first-order chi connectivity index (χ1) is 11.0. The molecule has 0 aliphatic carbocycles. The molecule has 0 spiro atoms. The van der Waals surface area contributed by atoms with Crippen LogP contribution in [0.5, 0.6) is 0 Å². The van der Waals surface area contributed by atoms with E-state index in [2.05, 4.69) is 9.97 Å². The molecule has 5 nitrogen and oxygen atoms in total. The van der Waals surface area contributed by atoms with Crippen LogP contribution in [0.2, 0.25) is 0 Å². The van der Waals surface area contributed by atoms with Crippen LogP contribution in [-0.4, -0.2) is 28.7 Å². The molecule has 6 heteroatoms. The molecular weight excluding hydrogens is 310 g/mol. The summed E-state index contributed by atoms with van der Waals surface area (Å²) in [7, 11) is -3.52. The predicted molar refractivity (Wildman–Crippen MR) is 86.4 cm³/mol. The third-order valence-corrected chi connectivity index (χ3v) is 7.06. The minimum atomic E-state index is -3.52. The van der Waals surface area contributed by atoms with Gasteiger partial charge in [-0.1, -0.05) is 12.1 Å². The van der Waals surface area contributed by atoms with Gasteiger partial charge in [0.15, 0.2) is 0 Å². The summed E-state index contributed by atoms with van der Waals surface area (Å²) in [5.41, 5.74) is 3.72. The van der Waals surface area contributed by atoms with E-state index >= 15 is 0 Å². The summed E-state index contributed by atoms with van der Waals surface area (Å²) >= 11 is 0. The molecule has 0 amide bonds. The smallest absolute Gasteiger partial charge is 0.244 e. The third-order valence-electron chi connectivity index (χ3n) is 4.95. The maximum absolute atomic E-state index is 13.3. The van der Waals surface area contributed by atoms with Crippen LogP contribution >= 0.6 is 0 Å². The van der Waals surface area contributed by atoms with Crippen LogP contribution in [0, 0.1) is 13.8 Å². The van der Waals surface area contributed by atoms with E-state index in [4.69, 9.17) is 0 Å². The van der Waals surface area contributed by atoms with Gasteiger partial charge in [0.05, 0.1) is 16.6 Å². The Morgan fingerprint density at radius 3 is 2.87 bits per heavy atom. The molecule has 2 atom stereocenters. The SMILES string of the molecule is Cc1ccc(C)c(S(=O)(=O)N2C3CCC2c2cncnc2C3)c1. The highest BCUT2D eigenvalue weighted by Gasteiger charge is 2.47. The van der Waals surface area contributed by atoms with Crippen molar-refractivity contribution in [2.75, 3.05) is 0 Å². The Morgan fingerprint density at radius 1 is 1.22 bits per heavy atom. The van der Waals surface area contributed by atoms with E-state index < -0.39 is 10.0 Å². The van der Waals surface area contributed by atoms with Crippen molar-refractivity contribution in [2.24, 2.45) is 0 Å². The number of fused-ring (bicyclic) bond motifs is 4. The second kappa shape index (κ2) is 5.11. The van der Waals surface area contributed by atoms with E-state index in [-0.39, 0.29) is 12.1 Å². The summed E-state index contributed by atoms with van der Waals surface area (Å²) in [6, 6.07) is 5.48. The Hall–Kier alpha value is -1.79. The number of hydrogen-bond acceptors (Lipinski definition) is 4. The van der Waals surface area contributed by atoms with Crippen LogP contribution in [-0.2, 0) is 16.4 Å². The van der Waals surface area contributed by atoms with E-state index in [1.54, 1.807) is 22.9 Å². The Labute approximate surface area is 136 Å². The van der Waals surface area contributed by atoms with Crippen LogP contribution in [0.25, 0.3) is 0 Å². The van der Waals surface area contributed by atoms with Crippen molar-refractivity contribution in [3.8, 4) is 0 Å². The normalized spacial score (nSPS) is 23.7. The number of aryl methyl sites for hydroxylation is 2. The quantitative estimate of drug-likeness (QED) is 0.849. The molecule has 0 radical (unpaired) electrons. The molecule has 2 bridgehead atoms. The maximum Gasteiger partial charge on any atom is 0.244 e. The molecule has 2 aliphatic heterocycles. The number of nitrogens with zero attached hydrogens (tertiary/aromatic N) is 3. The van der Waals surface area contributed by atoms with E-state index in [1.165, 1.54) is 0 Å². The second-order valence-electron chi connectivity index (χ2n) is 6.48. The van der Waals surface area contributed by atoms with E-state index in [1.807, 2.05) is 26.0 Å². The summed E-state index contributed by atoms with van der Waals surface area (Å²) in [4.78, 5) is 8.88. The van der Waals surface area contributed by atoms with E-state index in [0.717, 1.165) is 35.2 Å². The molecule has 2 aromatic rings. The van der Waals surface area contributed by atoms with Crippen molar-refractivity contribution >= 4 is 10.0 Å². The fourth-order valence-corrected chi connectivity index (χ4v) is 6.01. The van der Waals surface area contributed by atoms with Crippen molar-refractivity contribution in [2.45, 2.75) is 50.1 Å². The Kier molecular flexibility index (Phi) is 3.28. The first kappa shape index (κ1) is 14.8. The fourth-order valence-electron chi connectivity index (χ4n) is 3.84. The Balaban J connectivity index is 1.84. The molecule has 1 aromatic carbocycles. The van der Waals surface area contributed by atoms with Crippen molar-refractivity contribution in [1.29, 1.82) is 0 Å². The van der Waals surface area contributed by atoms with Gasteiger partial charge in [-0.05, 0) is 43.9 Å². The number of hydrogen-bond donors (Lipinski definition) is 0. The molecule has 0 saturated carbocycles.